The third-order valence-corrected chi connectivity index (χ3v) is 2.36. The first-order chi connectivity index (χ1) is 6.15. The number of hydrogen-bond acceptors (Lipinski definition) is 2. The lowest BCUT2D eigenvalue weighted by Gasteiger charge is -2.07. The highest BCUT2D eigenvalue weighted by Gasteiger charge is 2.53. The second-order valence-corrected chi connectivity index (χ2v) is 3.23. The maximum absolute atomic E-state index is 12.7. The molecule has 68 valence electrons. The van der Waals surface area contributed by atoms with Crippen molar-refractivity contribution in [3.63, 3.8) is 0 Å². The predicted molar refractivity (Wildman–Crippen MR) is 42.7 cm³/mol. The van der Waals surface area contributed by atoms with Gasteiger partial charge in [0.25, 0.3) is 0 Å². The summed E-state index contributed by atoms with van der Waals surface area (Å²) < 4.78 is 12.7. The smallest absolute Gasteiger partial charge is 0.315 e. The van der Waals surface area contributed by atoms with Crippen molar-refractivity contribution in [2.24, 2.45) is 0 Å². The van der Waals surface area contributed by atoms with E-state index in [-0.39, 0.29) is 0 Å². The summed E-state index contributed by atoms with van der Waals surface area (Å²) in [6, 6.07) is 4.26. The first-order valence-electron chi connectivity index (χ1n) is 4.02. The van der Waals surface area contributed by atoms with Crippen molar-refractivity contribution in [3.05, 3.63) is 29.8 Å². The van der Waals surface area contributed by atoms with Gasteiger partial charge in [-0.25, -0.2) is 4.98 Å². The van der Waals surface area contributed by atoms with Crippen LogP contribution in [0.25, 0.3) is 0 Å². The molecular formula is C9H8FNO2. The largest absolute Gasteiger partial charge is 0.481 e. The lowest BCUT2D eigenvalue weighted by atomic mass is 10.0. The number of pyridine rings is 1. The summed E-state index contributed by atoms with van der Waals surface area (Å²) >= 11 is 0. The van der Waals surface area contributed by atoms with Crippen LogP contribution in [0.15, 0.2) is 18.2 Å². The standard InChI is InChI=1S/C9H8FNO2/c10-7-3-1-2-6(11-7)9(4-5-9)8(12)13/h1-3H,4-5H2,(H,12,13). The van der Waals surface area contributed by atoms with Gasteiger partial charge in [0.1, 0.15) is 5.41 Å². The zero-order valence-electron chi connectivity index (χ0n) is 6.83. The lowest BCUT2D eigenvalue weighted by molar-refractivity contribution is -0.140. The summed E-state index contributed by atoms with van der Waals surface area (Å²) in [6.07, 6.45) is 1.11. The molecule has 0 bridgehead atoms. The highest BCUT2D eigenvalue weighted by Crippen LogP contribution is 2.47. The van der Waals surface area contributed by atoms with Crippen molar-refractivity contribution >= 4 is 5.97 Å². The molecule has 0 radical (unpaired) electrons. The molecule has 1 heterocycles. The summed E-state index contributed by atoms with van der Waals surface area (Å²) in [5.74, 6) is -1.53. The zero-order chi connectivity index (χ0) is 9.47. The molecule has 1 aromatic heterocycles. The Hall–Kier alpha value is -1.45. The number of rotatable bonds is 2. The molecule has 0 saturated heterocycles. The first-order valence-corrected chi connectivity index (χ1v) is 4.02. The number of aromatic nitrogens is 1. The van der Waals surface area contributed by atoms with E-state index in [2.05, 4.69) is 4.98 Å². The van der Waals surface area contributed by atoms with E-state index in [4.69, 9.17) is 5.11 Å². The Bertz CT molecular complexity index is 360. The van der Waals surface area contributed by atoms with Crippen molar-refractivity contribution in [3.8, 4) is 0 Å². The molecule has 0 aliphatic heterocycles. The summed E-state index contributed by atoms with van der Waals surface area (Å²) in [7, 11) is 0. The van der Waals surface area contributed by atoms with E-state index in [9.17, 15) is 9.18 Å². The maximum Gasteiger partial charge on any atom is 0.315 e. The summed E-state index contributed by atoms with van der Waals surface area (Å²) in [4.78, 5) is 14.4. The zero-order valence-corrected chi connectivity index (χ0v) is 6.83. The fourth-order valence-corrected chi connectivity index (χ4v) is 1.38. The fraction of sp³-hybridized carbons (Fsp3) is 0.333. The van der Waals surface area contributed by atoms with Crippen LogP contribution in [0.3, 0.4) is 0 Å². The quantitative estimate of drug-likeness (QED) is 0.700. The minimum Gasteiger partial charge on any atom is -0.481 e. The molecule has 4 heteroatoms. The Morgan fingerprint density at radius 2 is 2.23 bits per heavy atom. The van der Waals surface area contributed by atoms with E-state index in [0.717, 1.165) is 0 Å². The average molecular weight is 181 g/mol. The molecule has 3 nitrogen and oxygen atoms in total. The first kappa shape index (κ1) is 8.16. The van der Waals surface area contributed by atoms with Gasteiger partial charge in [-0.15, -0.1) is 0 Å². The van der Waals surface area contributed by atoms with Crippen molar-refractivity contribution in [2.45, 2.75) is 18.3 Å². The fourth-order valence-electron chi connectivity index (χ4n) is 1.38. The van der Waals surface area contributed by atoms with Crippen LogP contribution >= 0.6 is 0 Å². The molecule has 0 unspecified atom stereocenters. The normalized spacial score (nSPS) is 18.2. The Labute approximate surface area is 74.2 Å². The van der Waals surface area contributed by atoms with E-state index in [1.807, 2.05) is 0 Å². The van der Waals surface area contributed by atoms with Gasteiger partial charge < -0.3 is 5.11 Å². The van der Waals surface area contributed by atoms with Gasteiger partial charge in [-0.1, -0.05) is 6.07 Å². The van der Waals surface area contributed by atoms with Crippen LogP contribution in [0.5, 0.6) is 0 Å². The van der Waals surface area contributed by atoms with Crippen LogP contribution in [0, 0.1) is 5.95 Å². The molecule has 2 rings (SSSR count). The van der Waals surface area contributed by atoms with Crippen LogP contribution < -0.4 is 0 Å². The van der Waals surface area contributed by atoms with Crippen LogP contribution in [-0.2, 0) is 10.2 Å². The maximum atomic E-state index is 12.7. The number of aliphatic carboxylic acids is 1. The van der Waals surface area contributed by atoms with Crippen molar-refractivity contribution in [1.29, 1.82) is 0 Å². The van der Waals surface area contributed by atoms with Gasteiger partial charge in [0, 0.05) is 0 Å². The Kier molecular flexibility index (Phi) is 1.58. The van der Waals surface area contributed by atoms with Crippen LogP contribution in [0.1, 0.15) is 18.5 Å². The molecule has 1 aliphatic rings. The molecule has 13 heavy (non-hydrogen) atoms. The number of carbonyl (C=O) groups is 1. The number of halogens is 1. The Balaban J connectivity index is 2.41. The lowest BCUT2D eigenvalue weighted by Crippen LogP contribution is -2.21. The van der Waals surface area contributed by atoms with E-state index in [0.29, 0.717) is 18.5 Å². The predicted octanol–water partition coefficient (Wildman–Crippen LogP) is 1.34. The van der Waals surface area contributed by atoms with Crippen molar-refractivity contribution < 1.29 is 14.3 Å². The number of nitrogens with zero attached hydrogens (tertiary/aromatic N) is 1. The third kappa shape index (κ3) is 1.18. The SMILES string of the molecule is O=C(O)C1(c2cccc(F)n2)CC1. The molecular weight excluding hydrogens is 173 g/mol. The minimum atomic E-state index is -0.911. The Morgan fingerprint density at radius 3 is 2.69 bits per heavy atom. The molecule has 0 atom stereocenters. The molecule has 0 amide bonds. The van der Waals surface area contributed by atoms with Crippen LogP contribution in [-0.4, -0.2) is 16.1 Å². The van der Waals surface area contributed by atoms with Gasteiger partial charge in [-0.2, -0.15) is 4.39 Å². The topological polar surface area (TPSA) is 50.2 Å². The highest BCUT2D eigenvalue weighted by molar-refractivity contribution is 5.84. The van der Waals surface area contributed by atoms with Crippen LogP contribution in [0.2, 0.25) is 0 Å². The summed E-state index contributed by atoms with van der Waals surface area (Å²) in [6.45, 7) is 0. The number of carboxylic acids is 1. The van der Waals surface area contributed by atoms with Gasteiger partial charge in [0.15, 0.2) is 0 Å². The van der Waals surface area contributed by atoms with Crippen LogP contribution in [0.4, 0.5) is 4.39 Å². The van der Waals surface area contributed by atoms with Crippen molar-refractivity contribution in [1.82, 2.24) is 4.98 Å². The second kappa shape index (κ2) is 2.52. The van der Waals surface area contributed by atoms with Gasteiger partial charge in [0.05, 0.1) is 5.69 Å². The average Bonchev–Trinajstić information content (AvgIpc) is 2.83. The Morgan fingerprint density at radius 1 is 1.54 bits per heavy atom. The molecule has 1 aliphatic carbocycles. The molecule has 0 spiro atoms. The highest BCUT2D eigenvalue weighted by atomic mass is 19.1. The van der Waals surface area contributed by atoms with E-state index in [1.165, 1.54) is 12.1 Å². The molecule has 0 aromatic carbocycles. The van der Waals surface area contributed by atoms with Gasteiger partial charge in [-0.05, 0) is 25.0 Å². The van der Waals surface area contributed by atoms with Gasteiger partial charge in [-0.3, -0.25) is 4.79 Å². The van der Waals surface area contributed by atoms with Crippen molar-refractivity contribution in [2.75, 3.05) is 0 Å². The monoisotopic (exact) mass is 181 g/mol. The van der Waals surface area contributed by atoms with Gasteiger partial charge in [0.2, 0.25) is 5.95 Å². The molecule has 1 aromatic rings. The van der Waals surface area contributed by atoms with E-state index >= 15 is 0 Å². The van der Waals surface area contributed by atoms with E-state index < -0.39 is 17.3 Å². The third-order valence-electron chi connectivity index (χ3n) is 2.36. The number of carboxylic acid groups (broad SMARTS) is 1. The molecule has 1 N–H and O–H groups in total. The number of hydrogen-bond donors (Lipinski definition) is 1. The summed E-state index contributed by atoms with van der Waals surface area (Å²) in [5.41, 5.74) is -0.567. The van der Waals surface area contributed by atoms with E-state index in [1.54, 1.807) is 6.07 Å². The second-order valence-electron chi connectivity index (χ2n) is 3.23. The molecule has 1 saturated carbocycles. The summed E-state index contributed by atoms with van der Waals surface area (Å²) in [5, 5.41) is 8.89. The molecule has 1 fully saturated rings. The minimum absolute atomic E-state index is 0.333. The van der Waals surface area contributed by atoms with Gasteiger partial charge >= 0.3 is 5.97 Å².